The van der Waals surface area contributed by atoms with E-state index in [1.807, 2.05) is 31.2 Å². The Kier molecular flexibility index (Phi) is 3.79. The number of hydrogen-bond acceptors (Lipinski definition) is 5. The number of nitrogen functional groups attached to an aromatic ring is 1. The third kappa shape index (κ3) is 3.16. The number of carbonyl (C=O) groups is 1. The van der Waals surface area contributed by atoms with Gasteiger partial charge in [-0.05, 0) is 44.0 Å². The number of hydrogen-bond donors (Lipinski definition) is 2. The average molecular weight is 303 g/mol. The van der Waals surface area contributed by atoms with Gasteiger partial charge in [-0.25, -0.2) is 4.98 Å². The van der Waals surface area contributed by atoms with E-state index in [1.54, 1.807) is 0 Å². The molecule has 0 bridgehead atoms. The quantitative estimate of drug-likeness (QED) is 0.889. The molecular formula is C15H17N3O2S. The molecule has 1 aliphatic rings. The third-order valence-corrected chi connectivity index (χ3v) is 4.07. The van der Waals surface area contributed by atoms with Crippen LogP contribution in [0.15, 0.2) is 24.3 Å². The Hall–Kier alpha value is -2.08. The monoisotopic (exact) mass is 303 g/mol. The maximum atomic E-state index is 11.7. The third-order valence-electron chi connectivity index (χ3n) is 3.27. The minimum atomic E-state index is 0.0435. The Morgan fingerprint density at radius 1 is 1.43 bits per heavy atom. The highest BCUT2D eigenvalue weighted by Crippen LogP contribution is 2.36. The van der Waals surface area contributed by atoms with Crippen LogP contribution in [-0.2, 0) is 4.79 Å². The minimum absolute atomic E-state index is 0.0435. The molecule has 1 aromatic carbocycles. The van der Waals surface area contributed by atoms with Crippen molar-refractivity contribution in [2.75, 3.05) is 17.7 Å². The molecule has 1 aliphatic carbocycles. The number of nitrogens with two attached hydrogens (primary N) is 1. The van der Waals surface area contributed by atoms with Gasteiger partial charge < -0.3 is 15.8 Å². The summed E-state index contributed by atoms with van der Waals surface area (Å²) in [6, 6.07) is 7.62. The van der Waals surface area contributed by atoms with E-state index in [4.69, 9.17) is 10.5 Å². The van der Waals surface area contributed by atoms with E-state index >= 15 is 0 Å². The number of rotatable bonds is 5. The maximum Gasteiger partial charge on any atom is 0.229 e. The standard InChI is InChI=1S/C15H17N3O2S/c1-2-20-11-7-5-9(6-8-11)12-13(16)21-15(17-12)18-14(19)10-3-4-10/h5-8,10H,2-4,16H2,1H3,(H,17,18,19). The van der Waals surface area contributed by atoms with E-state index in [1.165, 1.54) is 11.3 Å². The molecule has 0 unspecified atom stereocenters. The predicted molar refractivity (Wildman–Crippen MR) is 84.5 cm³/mol. The van der Waals surface area contributed by atoms with Gasteiger partial charge >= 0.3 is 0 Å². The van der Waals surface area contributed by atoms with E-state index in [0.29, 0.717) is 22.4 Å². The molecule has 0 radical (unpaired) electrons. The lowest BCUT2D eigenvalue weighted by Crippen LogP contribution is -2.12. The second kappa shape index (κ2) is 5.73. The van der Waals surface area contributed by atoms with Gasteiger partial charge in [0.2, 0.25) is 5.91 Å². The highest BCUT2D eigenvalue weighted by molar-refractivity contribution is 7.20. The van der Waals surface area contributed by atoms with Crippen LogP contribution < -0.4 is 15.8 Å². The molecule has 0 atom stereocenters. The predicted octanol–water partition coefficient (Wildman–Crippen LogP) is 3.14. The topological polar surface area (TPSA) is 77.2 Å². The molecule has 1 saturated carbocycles. The number of nitrogens with one attached hydrogen (secondary N) is 1. The fraction of sp³-hybridized carbons (Fsp3) is 0.333. The van der Waals surface area contributed by atoms with E-state index in [0.717, 1.165) is 24.2 Å². The second-order valence-corrected chi connectivity index (χ2v) is 5.98. The molecule has 0 aliphatic heterocycles. The lowest BCUT2D eigenvalue weighted by atomic mass is 10.1. The summed E-state index contributed by atoms with van der Waals surface area (Å²) < 4.78 is 5.41. The molecular weight excluding hydrogens is 286 g/mol. The Morgan fingerprint density at radius 2 is 2.14 bits per heavy atom. The van der Waals surface area contributed by atoms with E-state index in [-0.39, 0.29) is 11.8 Å². The zero-order valence-electron chi connectivity index (χ0n) is 11.8. The average Bonchev–Trinajstić information content (AvgIpc) is 3.25. The normalized spacial score (nSPS) is 14.0. The second-order valence-electron chi connectivity index (χ2n) is 4.95. The molecule has 3 rings (SSSR count). The first kappa shape index (κ1) is 13.9. The van der Waals surface area contributed by atoms with Gasteiger partial charge in [-0.3, -0.25) is 4.79 Å². The summed E-state index contributed by atoms with van der Waals surface area (Å²) >= 11 is 1.30. The van der Waals surface area contributed by atoms with Crippen LogP contribution in [-0.4, -0.2) is 17.5 Å². The van der Waals surface area contributed by atoms with Crippen LogP contribution in [0.5, 0.6) is 5.75 Å². The Balaban J connectivity index is 1.78. The molecule has 1 fully saturated rings. The summed E-state index contributed by atoms with van der Waals surface area (Å²) in [6.45, 7) is 2.58. The van der Waals surface area contributed by atoms with Crippen molar-refractivity contribution < 1.29 is 9.53 Å². The van der Waals surface area contributed by atoms with Crippen LogP contribution in [0.3, 0.4) is 0 Å². The zero-order chi connectivity index (χ0) is 14.8. The first-order chi connectivity index (χ1) is 10.2. The fourth-order valence-electron chi connectivity index (χ4n) is 2.02. The summed E-state index contributed by atoms with van der Waals surface area (Å²) in [7, 11) is 0. The van der Waals surface area contributed by atoms with Gasteiger partial charge in [0, 0.05) is 11.5 Å². The van der Waals surface area contributed by atoms with Crippen molar-refractivity contribution in [3.8, 4) is 17.0 Å². The number of anilines is 2. The highest BCUT2D eigenvalue weighted by Gasteiger charge is 2.30. The lowest BCUT2D eigenvalue weighted by Gasteiger charge is -2.03. The number of amides is 1. The van der Waals surface area contributed by atoms with Crippen molar-refractivity contribution in [1.82, 2.24) is 4.98 Å². The van der Waals surface area contributed by atoms with Crippen molar-refractivity contribution in [2.24, 2.45) is 5.92 Å². The van der Waals surface area contributed by atoms with Crippen LogP contribution in [0.2, 0.25) is 0 Å². The van der Waals surface area contributed by atoms with Gasteiger partial charge in [0.25, 0.3) is 0 Å². The smallest absolute Gasteiger partial charge is 0.229 e. The molecule has 2 aromatic rings. The van der Waals surface area contributed by atoms with E-state index in [2.05, 4.69) is 10.3 Å². The molecule has 1 aromatic heterocycles. The summed E-state index contributed by atoms with van der Waals surface area (Å²) in [6.07, 6.45) is 1.94. The van der Waals surface area contributed by atoms with Crippen molar-refractivity contribution >= 4 is 27.4 Å². The molecule has 0 saturated heterocycles. The maximum absolute atomic E-state index is 11.7. The Morgan fingerprint density at radius 3 is 2.76 bits per heavy atom. The van der Waals surface area contributed by atoms with Gasteiger partial charge in [0.1, 0.15) is 16.4 Å². The molecule has 5 nitrogen and oxygen atoms in total. The van der Waals surface area contributed by atoms with Crippen molar-refractivity contribution in [2.45, 2.75) is 19.8 Å². The fourth-order valence-corrected chi connectivity index (χ4v) is 2.78. The Bertz CT molecular complexity index is 647. The van der Waals surface area contributed by atoms with Gasteiger partial charge in [0.15, 0.2) is 5.13 Å². The molecule has 1 heterocycles. The number of nitrogens with zero attached hydrogens (tertiary/aromatic N) is 1. The molecule has 21 heavy (non-hydrogen) atoms. The lowest BCUT2D eigenvalue weighted by molar-refractivity contribution is -0.117. The van der Waals surface area contributed by atoms with Crippen molar-refractivity contribution in [3.63, 3.8) is 0 Å². The molecule has 110 valence electrons. The molecule has 3 N–H and O–H groups in total. The van der Waals surface area contributed by atoms with Crippen LogP contribution in [0, 0.1) is 5.92 Å². The van der Waals surface area contributed by atoms with Crippen LogP contribution in [0.1, 0.15) is 19.8 Å². The van der Waals surface area contributed by atoms with Crippen LogP contribution in [0.4, 0.5) is 10.1 Å². The van der Waals surface area contributed by atoms with Gasteiger partial charge in [-0.15, -0.1) is 0 Å². The van der Waals surface area contributed by atoms with E-state index < -0.39 is 0 Å². The van der Waals surface area contributed by atoms with Crippen molar-refractivity contribution in [1.29, 1.82) is 0 Å². The molecule has 6 heteroatoms. The van der Waals surface area contributed by atoms with E-state index in [9.17, 15) is 4.79 Å². The number of benzene rings is 1. The Labute approximate surface area is 127 Å². The molecule has 1 amide bonds. The first-order valence-electron chi connectivity index (χ1n) is 6.97. The van der Waals surface area contributed by atoms with Gasteiger partial charge in [-0.1, -0.05) is 11.3 Å². The van der Waals surface area contributed by atoms with Crippen LogP contribution >= 0.6 is 11.3 Å². The number of aromatic nitrogens is 1. The first-order valence-corrected chi connectivity index (χ1v) is 7.79. The number of thiazole rings is 1. The zero-order valence-corrected chi connectivity index (χ0v) is 12.6. The highest BCUT2D eigenvalue weighted by atomic mass is 32.1. The molecule has 0 spiro atoms. The summed E-state index contributed by atoms with van der Waals surface area (Å²) in [4.78, 5) is 16.2. The summed E-state index contributed by atoms with van der Waals surface area (Å²) in [5, 5.41) is 4.00. The largest absolute Gasteiger partial charge is 0.494 e. The number of carbonyl (C=O) groups excluding carboxylic acids is 1. The van der Waals surface area contributed by atoms with Crippen LogP contribution in [0.25, 0.3) is 11.3 Å². The summed E-state index contributed by atoms with van der Waals surface area (Å²) in [5.41, 5.74) is 7.63. The van der Waals surface area contributed by atoms with Gasteiger partial charge in [-0.2, -0.15) is 0 Å². The number of ether oxygens (including phenoxy) is 1. The summed E-state index contributed by atoms with van der Waals surface area (Å²) in [5.74, 6) is 1.02. The van der Waals surface area contributed by atoms with Gasteiger partial charge in [0.05, 0.1) is 6.61 Å². The minimum Gasteiger partial charge on any atom is -0.494 e. The van der Waals surface area contributed by atoms with Crippen molar-refractivity contribution in [3.05, 3.63) is 24.3 Å². The SMILES string of the molecule is CCOc1ccc(-c2nc(NC(=O)C3CC3)sc2N)cc1.